The number of aryl methyl sites for hydroxylation is 1. The molecule has 0 unspecified atom stereocenters. The number of piperidine rings is 1. The van der Waals surface area contributed by atoms with Crippen molar-refractivity contribution >= 4 is 10.8 Å². The van der Waals surface area contributed by atoms with Gasteiger partial charge in [-0.3, -0.25) is 0 Å². The van der Waals surface area contributed by atoms with Crippen LogP contribution in [0.2, 0.25) is 0 Å². The second-order valence-electron chi connectivity index (χ2n) is 8.97. The highest BCUT2D eigenvalue weighted by molar-refractivity contribution is 5.83. The van der Waals surface area contributed by atoms with Crippen molar-refractivity contribution in [3.63, 3.8) is 0 Å². The SMILES string of the molecule is Cc1ccc2c(c1)[C@@H](O)CC1(CCN(C[C@H](O)c3ccc4ccccc4c3)CC1)O2. The molecule has 4 nitrogen and oxygen atoms in total. The van der Waals surface area contributed by atoms with Crippen LogP contribution >= 0.6 is 0 Å². The normalized spacial score (nSPS) is 21.9. The van der Waals surface area contributed by atoms with E-state index in [2.05, 4.69) is 29.2 Å². The third kappa shape index (κ3) is 3.71. The topological polar surface area (TPSA) is 52.9 Å². The number of hydrogen-bond donors (Lipinski definition) is 2. The van der Waals surface area contributed by atoms with Crippen LogP contribution in [-0.4, -0.2) is 40.3 Å². The zero-order chi connectivity index (χ0) is 20.7. The van der Waals surface area contributed by atoms with Gasteiger partial charge in [0.1, 0.15) is 11.4 Å². The van der Waals surface area contributed by atoms with Gasteiger partial charge in [0.15, 0.2) is 0 Å². The van der Waals surface area contributed by atoms with E-state index in [1.807, 2.05) is 43.3 Å². The largest absolute Gasteiger partial charge is 0.487 e. The van der Waals surface area contributed by atoms with Crippen molar-refractivity contribution in [2.75, 3.05) is 19.6 Å². The molecule has 2 atom stereocenters. The van der Waals surface area contributed by atoms with Crippen molar-refractivity contribution in [3.05, 3.63) is 77.4 Å². The fraction of sp³-hybridized carbons (Fsp3) is 0.385. The molecule has 2 aliphatic rings. The molecule has 0 aromatic heterocycles. The maximum absolute atomic E-state index is 10.8. The van der Waals surface area contributed by atoms with Crippen molar-refractivity contribution < 1.29 is 14.9 Å². The van der Waals surface area contributed by atoms with E-state index in [0.717, 1.165) is 53.8 Å². The molecule has 0 saturated carbocycles. The summed E-state index contributed by atoms with van der Waals surface area (Å²) in [6, 6.07) is 20.5. The number of aliphatic hydroxyl groups is 2. The molecule has 30 heavy (non-hydrogen) atoms. The number of nitrogens with zero attached hydrogens (tertiary/aromatic N) is 1. The van der Waals surface area contributed by atoms with Gasteiger partial charge in [-0.05, 0) is 54.3 Å². The summed E-state index contributed by atoms with van der Waals surface area (Å²) in [7, 11) is 0. The molecule has 0 bridgehead atoms. The second kappa shape index (κ2) is 7.69. The van der Waals surface area contributed by atoms with Crippen molar-refractivity contribution in [2.45, 2.75) is 44.0 Å². The van der Waals surface area contributed by atoms with Gasteiger partial charge in [-0.1, -0.05) is 48.0 Å². The molecular weight excluding hydrogens is 374 g/mol. The van der Waals surface area contributed by atoms with Crippen LogP contribution in [0.1, 0.15) is 48.2 Å². The first-order valence-electron chi connectivity index (χ1n) is 10.9. The molecule has 0 amide bonds. The Bertz CT molecular complexity index is 1060. The molecule has 1 fully saturated rings. The number of aliphatic hydroxyl groups excluding tert-OH is 2. The minimum Gasteiger partial charge on any atom is -0.487 e. The lowest BCUT2D eigenvalue weighted by Gasteiger charge is -2.46. The Hall–Kier alpha value is -2.40. The third-order valence-corrected chi connectivity index (χ3v) is 6.77. The van der Waals surface area contributed by atoms with E-state index in [0.29, 0.717) is 13.0 Å². The predicted octanol–water partition coefficient (Wildman–Crippen LogP) is 4.53. The van der Waals surface area contributed by atoms with E-state index in [-0.39, 0.29) is 5.60 Å². The molecule has 3 aromatic rings. The molecule has 2 N–H and O–H groups in total. The van der Waals surface area contributed by atoms with Crippen LogP contribution in [0.4, 0.5) is 0 Å². The Labute approximate surface area is 177 Å². The van der Waals surface area contributed by atoms with Crippen molar-refractivity contribution in [2.24, 2.45) is 0 Å². The fourth-order valence-corrected chi connectivity index (χ4v) is 4.97. The summed E-state index contributed by atoms with van der Waals surface area (Å²) in [6.07, 6.45) is 1.39. The second-order valence-corrected chi connectivity index (χ2v) is 8.97. The van der Waals surface area contributed by atoms with Crippen molar-refractivity contribution in [1.82, 2.24) is 4.90 Å². The maximum Gasteiger partial charge on any atom is 0.125 e. The predicted molar refractivity (Wildman–Crippen MR) is 119 cm³/mol. The Kier molecular flexibility index (Phi) is 5.02. The zero-order valence-corrected chi connectivity index (χ0v) is 17.4. The van der Waals surface area contributed by atoms with Crippen LogP contribution in [-0.2, 0) is 0 Å². The van der Waals surface area contributed by atoms with E-state index in [1.54, 1.807) is 0 Å². The fourth-order valence-electron chi connectivity index (χ4n) is 4.97. The highest BCUT2D eigenvalue weighted by atomic mass is 16.5. The Balaban J connectivity index is 1.24. The van der Waals surface area contributed by atoms with Gasteiger partial charge in [0, 0.05) is 31.6 Å². The number of hydrogen-bond acceptors (Lipinski definition) is 4. The molecule has 1 spiro atoms. The van der Waals surface area contributed by atoms with E-state index < -0.39 is 12.2 Å². The van der Waals surface area contributed by atoms with Gasteiger partial charge in [-0.2, -0.15) is 0 Å². The Morgan fingerprint density at radius 3 is 2.60 bits per heavy atom. The highest BCUT2D eigenvalue weighted by Crippen LogP contribution is 2.44. The zero-order valence-electron chi connectivity index (χ0n) is 17.4. The molecule has 0 radical (unpaired) electrons. The van der Waals surface area contributed by atoms with Crippen LogP contribution in [0.5, 0.6) is 5.75 Å². The number of benzene rings is 3. The minimum absolute atomic E-state index is 0.300. The summed E-state index contributed by atoms with van der Waals surface area (Å²) in [4.78, 5) is 2.31. The average molecular weight is 404 g/mol. The monoisotopic (exact) mass is 403 g/mol. The number of β-amino-alcohol motifs (C(OH)–C–C–N with tert-alkyl or cyclic N) is 1. The summed E-state index contributed by atoms with van der Waals surface area (Å²) in [5.41, 5.74) is 2.72. The van der Waals surface area contributed by atoms with Gasteiger partial charge in [0.05, 0.1) is 12.2 Å². The highest BCUT2D eigenvalue weighted by Gasteiger charge is 2.43. The molecule has 1 saturated heterocycles. The summed E-state index contributed by atoms with van der Waals surface area (Å²) >= 11 is 0. The standard InChI is InChI=1S/C26H29NO3/c1-18-6-9-25-22(14-18)23(28)16-26(30-25)10-12-27(13-11-26)17-24(29)21-8-7-19-4-2-3-5-20(19)15-21/h2-9,14-15,23-24,28-29H,10-13,16-17H2,1H3/t23-,24-/m0/s1. The molecule has 156 valence electrons. The average Bonchev–Trinajstić information content (AvgIpc) is 2.76. The summed E-state index contributed by atoms with van der Waals surface area (Å²) in [5.74, 6) is 0.823. The number of rotatable bonds is 3. The lowest BCUT2D eigenvalue weighted by atomic mass is 9.81. The molecule has 5 rings (SSSR count). The van der Waals surface area contributed by atoms with Gasteiger partial charge < -0.3 is 19.8 Å². The smallest absolute Gasteiger partial charge is 0.125 e. The van der Waals surface area contributed by atoms with E-state index in [4.69, 9.17) is 4.74 Å². The Morgan fingerprint density at radius 1 is 1.03 bits per heavy atom. The third-order valence-electron chi connectivity index (χ3n) is 6.77. The van der Waals surface area contributed by atoms with Crippen LogP contribution in [0, 0.1) is 6.92 Å². The van der Waals surface area contributed by atoms with Crippen molar-refractivity contribution in [1.29, 1.82) is 0 Å². The van der Waals surface area contributed by atoms with Gasteiger partial charge in [0.2, 0.25) is 0 Å². The van der Waals surface area contributed by atoms with Crippen LogP contribution in [0.15, 0.2) is 60.7 Å². The van der Waals surface area contributed by atoms with Crippen LogP contribution in [0.25, 0.3) is 10.8 Å². The number of ether oxygens (including phenoxy) is 1. The number of fused-ring (bicyclic) bond motifs is 2. The quantitative estimate of drug-likeness (QED) is 0.675. The molecule has 0 aliphatic carbocycles. The van der Waals surface area contributed by atoms with Gasteiger partial charge in [-0.25, -0.2) is 0 Å². The lowest BCUT2D eigenvalue weighted by Crippen LogP contribution is -2.51. The van der Waals surface area contributed by atoms with E-state index in [9.17, 15) is 10.2 Å². The summed E-state index contributed by atoms with van der Waals surface area (Å²) in [6.45, 7) is 4.38. The van der Waals surface area contributed by atoms with Crippen LogP contribution < -0.4 is 4.74 Å². The van der Waals surface area contributed by atoms with Gasteiger partial charge in [0.25, 0.3) is 0 Å². The number of likely N-dealkylation sites (tertiary alicyclic amines) is 1. The summed E-state index contributed by atoms with van der Waals surface area (Å²) < 4.78 is 6.42. The van der Waals surface area contributed by atoms with Crippen molar-refractivity contribution in [3.8, 4) is 5.75 Å². The van der Waals surface area contributed by atoms with Gasteiger partial charge >= 0.3 is 0 Å². The molecule has 2 aliphatic heterocycles. The molecule has 2 heterocycles. The minimum atomic E-state index is -0.509. The molecule has 4 heteroatoms. The Morgan fingerprint density at radius 2 is 1.80 bits per heavy atom. The first kappa shape index (κ1) is 19.6. The lowest BCUT2D eigenvalue weighted by molar-refractivity contribution is -0.0588. The van der Waals surface area contributed by atoms with Crippen LogP contribution in [0.3, 0.4) is 0 Å². The first-order chi connectivity index (χ1) is 14.5. The van der Waals surface area contributed by atoms with E-state index in [1.165, 1.54) is 5.39 Å². The molecule has 3 aromatic carbocycles. The molecular formula is C26H29NO3. The van der Waals surface area contributed by atoms with E-state index >= 15 is 0 Å². The summed E-state index contributed by atoms with van der Waals surface area (Å²) in [5, 5.41) is 23.9. The first-order valence-corrected chi connectivity index (χ1v) is 10.9. The maximum atomic E-state index is 10.8. The van der Waals surface area contributed by atoms with Gasteiger partial charge in [-0.15, -0.1) is 0 Å².